The Labute approximate surface area is 170 Å². The van der Waals surface area contributed by atoms with Gasteiger partial charge in [0, 0.05) is 6.07 Å². The van der Waals surface area contributed by atoms with E-state index >= 15 is 0 Å². The van der Waals surface area contributed by atoms with Gasteiger partial charge in [0.1, 0.15) is 30.5 Å². The monoisotopic (exact) mass is 392 g/mol. The predicted molar refractivity (Wildman–Crippen MR) is 111 cm³/mol. The van der Waals surface area contributed by atoms with Crippen LogP contribution in [0.2, 0.25) is 0 Å². The van der Waals surface area contributed by atoms with E-state index in [9.17, 15) is 9.90 Å². The summed E-state index contributed by atoms with van der Waals surface area (Å²) in [6.45, 7) is 0.808. The van der Waals surface area contributed by atoms with Crippen LogP contribution < -0.4 is 14.2 Å². The standard InChI is InChI=1S/C24H24O5/c1-27-21-8-5-9-22(17-21)29-15-14-28-20-12-10-18(11-13-20)16-23(24(25)26)19-6-3-2-4-7-19/h2-13,17,23H,14-16H2,1H3,(H,25,26). The topological polar surface area (TPSA) is 65.0 Å². The second-order valence-electron chi connectivity index (χ2n) is 6.53. The Bertz CT molecular complexity index is 906. The highest BCUT2D eigenvalue weighted by Crippen LogP contribution is 2.23. The molecule has 5 nitrogen and oxygen atoms in total. The largest absolute Gasteiger partial charge is 0.497 e. The first-order valence-electron chi connectivity index (χ1n) is 9.42. The van der Waals surface area contributed by atoms with Gasteiger partial charge in [-0.05, 0) is 41.8 Å². The van der Waals surface area contributed by atoms with E-state index in [0.29, 0.717) is 19.6 Å². The highest BCUT2D eigenvalue weighted by atomic mass is 16.5. The van der Waals surface area contributed by atoms with Crippen molar-refractivity contribution < 1.29 is 24.1 Å². The lowest BCUT2D eigenvalue weighted by molar-refractivity contribution is -0.138. The Hall–Kier alpha value is -3.47. The predicted octanol–water partition coefficient (Wildman–Crippen LogP) is 4.56. The zero-order valence-corrected chi connectivity index (χ0v) is 16.3. The van der Waals surface area contributed by atoms with Crippen LogP contribution in [0.3, 0.4) is 0 Å². The van der Waals surface area contributed by atoms with Gasteiger partial charge in [0.25, 0.3) is 0 Å². The number of hydrogen-bond donors (Lipinski definition) is 1. The summed E-state index contributed by atoms with van der Waals surface area (Å²) in [6.07, 6.45) is 0.429. The molecule has 29 heavy (non-hydrogen) atoms. The number of methoxy groups -OCH3 is 1. The molecule has 150 valence electrons. The number of aliphatic carboxylic acids is 1. The van der Waals surface area contributed by atoms with Crippen LogP contribution in [0.25, 0.3) is 0 Å². The smallest absolute Gasteiger partial charge is 0.311 e. The van der Waals surface area contributed by atoms with E-state index < -0.39 is 11.9 Å². The fourth-order valence-corrected chi connectivity index (χ4v) is 3.00. The van der Waals surface area contributed by atoms with Gasteiger partial charge in [0.2, 0.25) is 0 Å². The molecular weight excluding hydrogens is 368 g/mol. The van der Waals surface area contributed by atoms with E-state index in [2.05, 4.69) is 0 Å². The molecule has 0 aliphatic rings. The summed E-state index contributed by atoms with van der Waals surface area (Å²) in [5.74, 6) is 0.790. The first kappa shape index (κ1) is 20.3. The van der Waals surface area contributed by atoms with Crippen LogP contribution in [0.4, 0.5) is 0 Å². The second kappa shape index (κ2) is 10.2. The number of carboxylic acid groups (broad SMARTS) is 1. The number of benzene rings is 3. The number of hydrogen-bond acceptors (Lipinski definition) is 4. The SMILES string of the molecule is COc1cccc(OCCOc2ccc(CC(C(=O)O)c3ccccc3)cc2)c1. The molecule has 1 atom stereocenters. The minimum atomic E-state index is -0.828. The molecule has 1 N–H and O–H groups in total. The van der Waals surface area contributed by atoms with Gasteiger partial charge in [-0.15, -0.1) is 0 Å². The minimum Gasteiger partial charge on any atom is -0.497 e. The third kappa shape index (κ3) is 6.01. The van der Waals surface area contributed by atoms with Crippen LogP contribution in [0.1, 0.15) is 17.0 Å². The molecule has 0 radical (unpaired) electrons. The minimum absolute atomic E-state index is 0.401. The Morgan fingerprint density at radius 2 is 1.48 bits per heavy atom. The molecule has 0 saturated heterocycles. The van der Waals surface area contributed by atoms with Gasteiger partial charge >= 0.3 is 5.97 Å². The molecule has 0 amide bonds. The number of rotatable bonds is 10. The fourth-order valence-electron chi connectivity index (χ4n) is 3.00. The highest BCUT2D eigenvalue weighted by Gasteiger charge is 2.20. The van der Waals surface area contributed by atoms with Gasteiger partial charge in [-0.2, -0.15) is 0 Å². The summed E-state index contributed by atoms with van der Waals surface area (Å²) in [5, 5.41) is 9.57. The van der Waals surface area contributed by atoms with Crippen molar-refractivity contribution in [2.24, 2.45) is 0 Å². The van der Waals surface area contributed by atoms with Crippen LogP contribution in [-0.2, 0) is 11.2 Å². The molecule has 0 aromatic heterocycles. The fraction of sp³-hybridized carbons (Fsp3) is 0.208. The van der Waals surface area contributed by atoms with E-state index in [1.807, 2.05) is 78.9 Å². The molecule has 3 rings (SSSR count). The van der Waals surface area contributed by atoms with Crippen LogP contribution in [0, 0.1) is 0 Å². The summed E-state index contributed by atoms with van der Waals surface area (Å²) < 4.78 is 16.5. The molecule has 3 aromatic rings. The first-order chi connectivity index (χ1) is 14.2. The number of carboxylic acids is 1. The van der Waals surface area contributed by atoms with Gasteiger partial charge in [0.05, 0.1) is 13.0 Å². The Morgan fingerprint density at radius 3 is 2.14 bits per heavy atom. The Morgan fingerprint density at radius 1 is 0.828 bits per heavy atom. The van der Waals surface area contributed by atoms with Gasteiger partial charge in [-0.1, -0.05) is 48.5 Å². The Balaban J connectivity index is 1.50. The van der Waals surface area contributed by atoms with Gasteiger partial charge in [-0.25, -0.2) is 0 Å². The third-order valence-electron chi connectivity index (χ3n) is 4.53. The van der Waals surface area contributed by atoms with Gasteiger partial charge in [-0.3, -0.25) is 4.79 Å². The molecule has 0 bridgehead atoms. The van der Waals surface area contributed by atoms with Crippen LogP contribution in [0.5, 0.6) is 17.2 Å². The van der Waals surface area contributed by atoms with E-state index in [-0.39, 0.29) is 0 Å². The van der Waals surface area contributed by atoms with Crippen molar-refractivity contribution in [3.05, 3.63) is 90.0 Å². The molecule has 5 heteroatoms. The molecular formula is C24H24O5. The number of carbonyl (C=O) groups is 1. The summed E-state index contributed by atoms with van der Waals surface area (Å²) in [5.41, 5.74) is 1.75. The van der Waals surface area contributed by atoms with Crippen molar-refractivity contribution in [3.8, 4) is 17.2 Å². The molecule has 0 saturated carbocycles. The summed E-state index contributed by atoms with van der Waals surface area (Å²) in [4.78, 5) is 11.7. The van der Waals surface area contributed by atoms with E-state index in [4.69, 9.17) is 14.2 Å². The summed E-state index contributed by atoms with van der Waals surface area (Å²) >= 11 is 0. The normalized spacial score (nSPS) is 11.5. The van der Waals surface area contributed by atoms with Gasteiger partial charge in [0.15, 0.2) is 0 Å². The van der Waals surface area contributed by atoms with Crippen molar-refractivity contribution in [2.45, 2.75) is 12.3 Å². The zero-order valence-electron chi connectivity index (χ0n) is 16.3. The maximum Gasteiger partial charge on any atom is 0.311 e. The average molecular weight is 392 g/mol. The molecule has 0 spiro atoms. The zero-order chi connectivity index (χ0) is 20.5. The van der Waals surface area contributed by atoms with Gasteiger partial charge < -0.3 is 19.3 Å². The van der Waals surface area contributed by atoms with Crippen LogP contribution in [-0.4, -0.2) is 31.4 Å². The quantitative estimate of drug-likeness (QED) is 0.512. The second-order valence-corrected chi connectivity index (χ2v) is 6.53. The van der Waals surface area contributed by atoms with Crippen molar-refractivity contribution in [1.82, 2.24) is 0 Å². The summed E-state index contributed by atoms with van der Waals surface area (Å²) in [7, 11) is 1.62. The summed E-state index contributed by atoms with van der Waals surface area (Å²) in [6, 6.07) is 24.2. The van der Waals surface area contributed by atoms with Crippen LogP contribution >= 0.6 is 0 Å². The first-order valence-corrected chi connectivity index (χ1v) is 9.42. The molecule has 0 heterocycles. The van der Waals surface area contributed by atoms with Crippen molar-refractivity contribution in [3.63, 3.8) is 0 Å². The molecule has 0 aliphatic carbocycles. The maximum absolute atomic E-state index is 11.7. The lowest BCUT2D eigenvalue weighted by Gasteiger charge is -2.13. The Kier molecular flexibility index (Phi) is 7.11. The average Bonchev–Trinajstić information content (AvgIpc) is 2.76. The van der Waals surface area contributed by atoms with Crippen molar-refractivity contribution >= 4 is 5.97 Å². The van der Waals surface area contributed by atoms with E-state index in [0.717, 1.165) is 28.4 Å². The van der Waals surface area contributed by atoms with Crippen molar-refractivity contribution in [1.29, 1.82) is 0 Å². The lowest BCUT2D eigenvalue weighted by atomic mass is 9.92. The van der Waals surface area contributed by atoms with E-state index in [1.54, 1.807) is 7.11 Å². The maximum atomic E-state index is 11.7. The highest BCUT2D eigenvalue weighted by molar-refractivity contribution is 5.76. The van der Waals surface area contributed by atoms with E-state index in [1.165, 1.54) is 0 Å². The van der Waals surface area contributed by atoms with Crippen LogP contribution in [0.15, 0.2) is 78.9 Å². The number of ether oxygens (including phenoxy) is 3. The molecule has 1 unspecified atom stereocenters. The lowest BCUT2D eigenvalue weighted by Crippen LogP contribution is -2.14. The third-order valence-corrected chi connectivity index (χ3v) is 4.53. The molecule has 0 aliphatic heterocycles. The molecule has 3 aromatic carbocycles. The molecule has 0 fully saturated rings. The van der Waals surface area contributed by atoms with Crippen molar-refractivity contribution in [2.75, 3.05) is 20.3 Å².